The smallest absolute Gasteiger partial charge is 0.401 e. The van der Waals surface area contributed by atoms with E-state index in [1.165, 1.54) is 0 Å². The van der Waals surface area contributed by atoms with E-state index < -0.39 is 12.1 Å². The van der Waals surface area contributed by atoms with Gasteiger partial charge in [0.2, 0.25) is 0 Å². The summed E-state index contributed by atoms with van der Waals surface area (Å²) in [4.78, 5) is 6.60. The highest BCUT2D eigenvalue weighted by Crippen LogP contribution is 2.26. The van der Waals surface area contributed by atoms with Crippen LogP contribution in [0.1, 0.15) is 0 Å². The number of nitrogens with zero attached hydrogens (tertiary/aromatic N) is 2. The van der Waals surface area contributed by atoms with Gasteiger partial charge in [0.1, 0.15) is 6.33 Å². The number of hydrogen-bond donors (Lipinski definition) is 0. The van der Waals surface area contributed by atoms with Gasteiger partial charge in [-0.2, -0.15) is 0 Å². The summed E-state index contributed by atoms with van der Waals surface area (Å²) in [5.74, 6) is -0.605. The van der Waals surface area contributed by atoms with Gasteiger partial charge >= 0.3 is 6.36 Å². The van der Waals surface area contributed by atoms with Crippen LogP contribution in [-0.2, 0) is 0 Å². The molecule has 0 aliphatic heterocycles. The predicted molar refractivity (Wildman–Crippen MR) is 33.7 cm³/mol. The van der Waals surface area contributed by atoms with E-state index in [9.17, 15) is 13.2 Å². The van der Waals surface area contributed by atoms with Crippen molar-refractivity contribution in [3.8, 4) is 5.75 Å². The van der Waals surface area contributed by atoms with Gasteiger partial charge in [-0.3, -0.25) is 0 Å². The summed E-state index contributed by atoms with van der Waals surface area (Å²) in [6, 6.07) is 0. The van der Waals surface area contributed by atoms with Crippen molar-refractivity contribution in [2.45, 2.75) is 6.36 Å². The van der Waals surface area contributed by atoms with Crippen molar-refractivity contribution in [3.63, 3.8) is 0 Å². The number of halogens is 4. The molecule has 0 radical (unpaired) electrons. The molecule has 0 bridgehead atoms. The van der Waals surface area contributed by atoms with Gasteiger partial charge in [0.05, 0.1) is 6.20 Å². The van der Waals surface area contributed by atoms with E-state index in [2.05, 4.69) is 14.7 Å². The van der Waals surface area contributed by atoms with Crippen molar-refractivity contribution in [3.05, 3.63) is 17.7 Å². The van der Waals surface area contributed by atoms with E-state index in [0.29, 0.717) is 0 Å². The lowest BCUT2D eigenvalue weighted by Crippen LogP contribution is -2.17. The Morgan fingerprint density at radius 2 is 2.08 bits per heavy atom. The molecule has 0 saturated heterocycles. The molecule has 1 aromatic heterocycles. The molecule has 0 fully saturated rings. The molecule has 66 valence electrons. The minimum atomic E-state index is -4.77. The first-order valence-corrected chi connectivity index (χ1v) is 3.08. The third-order valence-electron chi connectivity index (χ3n) is 0.859. The second-order valence-electron chi connectivity index (χ2n) is 1.73. The third-order valence-corrected chi connectivity index (χ3v) is 1.14. The molecule has 3 nitrogen and oxygen atoms in total. The van der Waals surface area contributed by atoms with E-state index in [-0.39, 0.29) is 5.15 Å². The molecule has 0 unspecified atom stereocenters. The van der Waals surface area contributed by atoms with E-state index in [1.54, 1.807) is 0 Å². The Morgan fingerprint density at radius 1 is 1.42 bits per heavy atom. The molecule has 0 aliphatic carbocycles. The summed E-state index contributed by atoms with van der Waals surface area (Å²) >= 11 is 5.25. The monoisotopic (exact) mass is 198 g/mol. The van der Waals surface area contributed by atoms with Crippen LogP contribution in [0, 0.1) is 0 Å². The molecule has 12 heavy (non-hydrogen) atoms. The SMILES string of the molecule is FC(F)(F)Oc1cncnc1Cl. The Hall–Kier alpha value is -1.04. The first-order chi connectivity index (χ1) is 5.49. The molecule has 7 heteroatoms. The summed E-state index contributed by atoms with van der Waals surface area (Å²) in [7, 11) is 0. The standard InChI is InChI=1S/C5H2ClF3N2O/c6-4-3(1-10-2-11-4)12-5(7,8)9/h1-2H. The fourth-order valence-corrected chi connectivity index (χ4v) is 0.626. The van der Waals surface area contributed by atoms with E-state index in [1.807, 2.05) is 0 Å². The van der Waals surface area contributed by atoms with Crippen molar-refractivity contribution in [2.24, 2.45) is 0 Å². The van der Waals surface area contributed by atoms with Crippen molar-refractivity contribution in [2.75, 3.05) is 0 Å². The normalized spacial score (nSPS) is 11.3. The van der Waals surface area contributed by atoms with Crippen LogP contribution >= 0.6 is 11.6 Å². The van der Waals surface area contributed by atoms with E-state index in [4.69, 9.17) is 11.6 Å². The van der Waals surface area contributed by atoms with Crippen LogP contribution < -0.4 is 4.74 Å². The lowest BCUT2D eigenvalue weighted by molar-refractivity contribution is -0.274. The molecule has 1 rings (SSSR count). The molecule has 0 amide bonds. The summed E-state index contributed by atoms with van der Waals surface area (Å²) in [5.41, 5.74) is 0. The number of rotatable bonds is 1. The molecule has 0 N–H and O–H groups in total. The maximum absolute atomic E-state index is 11.6. The van der Waals surface area contributed by atoms with E-state index >= 15 is 0 Å². The Balaban J connectivity index is 2.83. The molecule has 0 saturated carbocycles. The van der Waals surface area contributed by atoms with Crippen LogP contribution in [0.5, 0.6) is 5.75 Å². The Morgan fingerprint density at radius 3 is 2.58 bits per heavy atom. The average molecular weight is 199 g/mol. The van der Waals surface area contributed by atoms with Gasteiger partial charge in [0.15, 0.2) is 10.9 Å². The van der Waals surface area contributed by atoms with Crippen LogP contribution in [0.3, 0.4) is 0 Å². The van der Waals surface area contributed by atoms with Crippen LogP contribution in [-0.4, -0.2) is 16.3 Å². The van der Waals surface area contributed by atoms with Gasteiger partial charge in [0, 0.05) is 0 Å². The summed E-state index contributed by atoms with van der Waals surface area (Å²) in [6.45, 7) is 0. The minimum Gasteiger partial charge on any atom is -0.401 e. The molecular weight excluding hydrogens is 197 g/mol. The lowest BCUT2D eigenvalue weighted by atomic mass is 10.6. The zero-order valence-corrected chi connectivity index (χ0v) is 6.23. The first kappa shape index (κ1) is 9.05. The van der Waals surface area contributed by atoms with E-state index in [0.717, 1.165) is 12.5 Å². The zero-order valence-electron chi connectivity index (χ0n) is 5.47. The van der Waals surface area contributed by atoms with Gasteiger partial charge < -0.3 is 4.74 Å². The molecule has 1 aromatic rings. The highest BCUT2D eigenvalue weighted by molar-refractivity contribution is 6.30. The number of alkyl halides is 3. The number of ether oxygens (including phenoxy) is 1. The fraction of sp³-hybridized carbons (Fsp3) is 0.200. The molecule has 1 heterocycles. The number of hydrogen-bond acceptors (Lipinski definition) is 3. The van der Waals surface area contributed by atoms with Crippen LogP contribution in [0.4, 0.5) is 13.2 Å². The topological polar surface area (TPSA) is 35.0 Å². The largest absolute Gasteiger partial charge is 0.573 e. The second-order valence-corrected chi connectivity index (χ2v) is 2.08. The van der Waals surface area contributed by atoms with Crippen molar-refractivity contribution in [1.82, 2.24) is 9.97 Å². The molecular formula is C5H2ClF3N2O. The van der Waals surface area contributed by atoms with Gasteiger partial charge in [-0.1, -0.05) is 11.6 Å². The maximum atomic E-state index is 11.6. The van der Waals surface area contributed by atoms with Gasteiger partial charge in [-0.25, -0.2) is 9.97 Å². The van der Waals surface area contributed by atoms with Crippen molar-refractivity contribution >= 4 is 11.6 Å². The van der Waals surface area contributed by atoms with Crippen molar-refractivity contribution in [1.29, 1.82) is 0 Å². The predicted octanol–water partition coefficient (Wildman–Crippen LogP) is 2.03. The quantitative estimate of drug-likeness (QED) is 0.648. The molecule has 0 spiro atoms. The Kier molecular flexibility index (Phi) is 2.37. The number of aromatic nitrogens is 2. The van der Waals surface area contributed by atoms with Crippen LogP contribution in [0.25, 0.3) is 0 Å². The summed E-state index contributed by atoms with van der Waals surface area (Å²) in [5, 5.41) is -0.373. The van der Waals surface area contributed by atoms with Gasteiger partial charge in [0.25, 0.3) is 0 Å². The molecule has 0 atom stereocenters. The van der Waals surface area contributed by atoms with Gasteiger partial charge in [-0.15, -0.1) is 13.2 Å². The second kappa shape index (κ2) is 3.14. The fourth-order valence-electron chi connectivity index (χ4n) is 0.495. The Labute approximate surface area is 70.1 Å². The molecule has 0 aromatic carbocycles. The maximum Gasteiger partial charge on any atom is 0.573 e. The van der Waals surface area contributed by atoms with Crippen molar-refractivity contribution < 1.29 is 17.9 Å². The third kappa shape index (κ3) is 2.54. The van der Waals surface area contributed by atoms with Crippen LogP contribution in [0.15, 0.2) is 12.5 Å². The average Bonchev–Trinajstić information content (AvgIpc) is 1.91. The molecule has 0 aliphatic rings. The Bertz CT molecular complexity index is 278. The lowest BCUT2D eigenvalue weighted by Gasteiger charge is -2.07. The minimum absolute atomic E-state index is 0.373. The zero-order chi connectivity index (χ0) is 9.19. The van der Waals surface area contributed by atoms with Crippen LogP contribution in [0.2, 0.25) is 5.15 Å². The first-order valence-electron chi connectivity index (χ1n) is 2.70. The summed E-state index contributed by atoms with van der Waals surface area (Å²) in [6.07, 6.45) is -2.91. The highest BCUT2D eigenvalue weighted by Gasteiger charge is 2.32. The van der Waals surface area contributed by atoms with Gasteiger partial charge in [-0.05, 0) is 0 Å². The highest BCUT2D eigenvalue weighted by atomic mass is 35.5. The summed E-state index contributed by atoms with van der Waals surface area (Å²) < 4.78 is 38.2.